The molecule has 116 valence electrons. The van der Waals surface area contributed by atoms with Gasteiger partial charge in [0, 0.05) is 10.7 Å². The standard InChI is InChI=1S/C14H10ClF3N2OS/c15-9-3-6-12(21)11(7-9)20-13(22)19-10-4-1-8(2-5-10)14(16,17)18/h1-7,21H,(H2,19,20,22). The zero-order valence-corrected chi connectivity index (χ0v) is 12.5. The molecule has 0 saturated heterocycles. The molecule has 8 heteroatoms. The SMILES string of the molecule is Oc1ccc(Cl)cc1NC(=S)Nc1ccc(C(F)(F)F)cc1. The predicted molar refractivity (Wildman–Crippen MR) is 84.4 cm³/mol. The Balaban J connectivity index is 2.04. The third-order valence-corrected chi connectivity index (χ3v) is 3.12. The molecule has 0 spiro atoms. The van der Waals surface area contributed by atoms with Crippen molar-refractivity contribution < 1.29 is 18.3 Å². The number of phenols is 1. The number of hydrogen-bond acceptors (Lipinski definition) is 2. The summed E-state index contributed by atoms with van der Waals surface area (Å²) in [6.45, 7) is 0. The number of benzene rings is 2. The first-order valence-corrected chi connectivity index (χ1v) is 6.78. The van der Waals surface area contributed by atoms with Crippen LogP contribution in [0, 0.1) is 0 Å². The maximum Gasteiger partial charge on any atom is 0.416 e. The highest BCUT2D eigenvalue weighted by molar-refractivity contribution is 7.80. The number of hydrogen-bond donors (Lipinski definition) is 3. The zero-order valence-electron chi connectivity index (χ0n) is 10.9. The van der Waals surface area contributed by atoms with E-state index < -0.39 is 11.7 Å². The third-order valence-electron chi connectivity index (χ3n) is 2.68. The van der Waals surface area contributed by atoms with Crippen molar-refractivity contribution in [2.75, 3.05) is 10.6 Å². The summed E-state index contributed by atoms with van der Waals surface area (Å²) in [5, 5.41) is 15.6. The first-order chi connectivity index (χ1) is 10.3. The fourth-order valence-corrected chi connectivity index (χ4v) is 2.04. The summed E-state index contributed by atoms with van der Waals surface area (Å²) in [5.41, 5.74) is -0.0756. The Kier molecular flexibility index (Phi) is 4.77. The van der Waals surface area contributed by atoms with Crippen LogP contribution in [0.4, 0.5) is 24.5 Å². The molecule has 0 aromatic heterocycles. The fourth-order valence-electron chi connectivity index (χ4n) is 1.64. The van der Waals surface area contributed by atoms with Gasteiger partial charge in [0.25, 0.3) is 0 Å². The molecular weight excluding hydrogens is 337 g/mol. The Labute approximate surface area is 134 Å². The van der Waals surface area contributed by atoms with Crippen molar-refractivity contribution in [1.82, 2.24) is 0 Å². The molecule has 3 nitrogen and oxygen atoms in total. The van der Waals surface area contributed by atoms with Gasteiger partial charge in [-0.15, -0.1) is 0 Å². The van der Waals surface area contributed by atoms with Crippen molar-refractivity contribution in [1.29, 1.82) is 0 Å². The van der Waals surface area contributed by atoms with Gasteiger partial charge in [0.15, 0.2) is 5.11 Å². The van der Waals surface area contributed by atoms with Crippen LogP contribution in [0.1, 0.15) is 5.56 Å². The average Bonchev–Trinajstić information content (AvgIpc) is 2.42. The average molecular weight is 347 g/mol. The summed E-state index contributed by atoms with van der Waals surface area (Å²) >= 11 is 10.8. The van der Waals surface area contributed by atoms with Crippen molar-refractivity contribution in [3.8, 4) is 5.75 Å². The molecule has 2 aromatic rings. The van der Waals surface area contributed by atoms with E-state index in [9.17, 15) is 18.3 Å². The highest BCUT2D eigenvalue weighted by Crippen LogP contribution is 2.30. The molecule has 22 heavy (non-hydrogen) atoms. The first kappa shape index (κ1) is 16.4. The molecule has 0 unspecified atom stereocenters. The van der Waals surface area contributed by atoms with E-state index in [1.54, 1.807) is 0 Å². The third kappa shape index (κ3) is 4.25. The lowest BCUT2D eigenvalue weighted by Crippen LogP contribution is -2.19. The fraction of sp³-hybridized carbons (Fsp3) is 0.0714. The van der Waals surface area contributed by atoms with Gasteiger partial charge < -0.3 is 15.7 Å². The summed E-state index contributed by atoms with van der Waals surface area (Å²) in [6.07, 6.45) is -4.39. The number of anilines is 2. The normalized spacial score (nSPS) is 11.1. The summed E-state index contributed by atoms with van der Waals surface area (Å²) < 4.78 is 37.4. The van der Waals surface area contributed by atoms with Crippen LogP contribution in [-0.2, 0) is 6.18 Å². The Morgan fingerprint density at radius 2 is 1.68 bits per heavy atom. The van der Waals surface area contributed by atoms with Gasteiger partial charge in [0.05, 0.1) is 11.3 Å². The summed E-state index contributed by atoms with van der Waals surface area (Å²) in [5.74, 6) is -0.0547. The molecular formula is C14H10ClF3N2OS. The lowest BCUT2D eigenvalue weighted by atomic mass is 10.2. The minimum Gasteiger partial charge on any atom is -0.506 e. The van der Waals surface area contributed by atoms with Gasteiger partial charge in [-0.05, 0) is 54.7 Å². The molecule has 0 bridgehead atoms. The molecule has 3 N–H and O–H groups in total. The molecule has 0 radical (unpaired) electrons. The second kappa shape index (κ2) is 6.41. The highest BCUT2D eigenvalue weighted by Gasteiger charge is 2.29. The van der Waals surface area contributed by atoms with E-state index in [0.29, 0.717) is 10.7 Å². The number of halogens is 4. The summed E-state index contributed by atoms with van der Waals surface area (Å²) in [7, 11) is 0. The van der Waals surface area contributed by atoms with Crippen molar-refractivity contribution >= 4 is 40.3 Å². The van der Waals surface area contributed by atoms with E-state index in [4.69, 9.17) is 23.8 Å². The lowest BCUT2D eigenvalue weighted by Gasteiger charge is -2.13. The Morgan fingerprint density at radius 1 is 1.05 bits per heavy atom. The van der Waals surface area contributed by atoms with Crippen LogP contribution < -0.4 is 10.6 Å². The Morgan fingerprint density at radius 3 is 2.27 bits per heavy atom. The van der Waals surface area contributed by atoms with Crippen LogP contribution in [0.3, 0.4) is 0 Å². The molecule has 0 atom stereocenters. The van der Waals surface area contributed by atoms with Crippen LogP contribution in [-0.4, -0.2) is 10.2 Å². The molecule has 2 rings (SSSR count). The van der Waals surface area contributed by atoms with Crippen LogP contribution in [0.25, 0.3) is 0 Å². The maximum atomic E-state index is 12.5. The molecule has 0 aliphatic rings. The zero-order chi connectivity index (χ0) is 16.3. The second-order valence-electron chi connectivity index (χ2n) is 4.32. The monoisotopic (exact) mass is 346 g/mol. The van der Waals surface area contributed by atoms with Gasteiger partial charge in [-0.25, -0.2) is 0 Å². The number of aromatic hydroxyl groups is 1. The van der Waals surface area contributed by atoms with E-state index in [-0.39, 0.29) is 16.5 Å². The van der Waals surface area contributed by atoms with Crippen molar-refractivity contribution in [3.05, 3.63) is 53.1 Å². The smallest absolute Gasteiger partial charge is 0.416 e. The van der Waals surface area contributed by atoms with E-state index in [1.165, 1.54) is 30.3 Å². The van der Waals surface area contributed by atoms with Gasteiger partial charge >= 0.3 is 6.18 Å². The minimum atomic E-state index is -4.39. The first-order valence-electron chi connectivity index (χ1n) is 5.99. The van der Waals surface area contributed by atoms with E-state index in [1.807, 2.05) is 0 Å². The number of rotatable bonds is 2. The molecule has 0 saturated carbocycles. The number of nitrogens with one attached hydrogen (secondary N) is 2. The lowest BCUT2D eigenvalue weighted by molar-refractivity contribution is -0.137. The Hall–Kier alpha value is -1.99. The van der Waals surface area contributed by atoms with Crippen LogP contribution in [0.2, 0.25) is 5.02 Å². The molecule has 0 aliphatic carbocycles. The van der Waals surface area contributed by atoms with Gasteiger partial charge in [-0.2, -0.15) is 13.2 Å². The van der Waals surface area contributed by atoms with Gasteiger partial charge in [-0.3, -0.25) is 0 Å². The summed E-state index contributed by atoms with van der Waals surface area (Å²) in [6, 6.07) is 8.78. The number of thiocarbonyl (C=S) groups is 1. The van der Waals surface area contributed by atoms with Gasteiger partial charge in [0.2, 0.25) is 0 Å². The maximum absolute atomic E-state index is 12.5. The topological polar surface area (TPSA) is 44.3 Å². The largest absolute Gasteiger partial charge is 0.506 e. The van der Waals surface area contributed by atoms with Crippen molar-refractivity contribution in [2.45, 2.75) is 6.18 Å². The highest BCUT2D eigenvalue weighted by atomic mass is 35.5. The van der Waals surface area contributed by atoms with Gasteiger partial charge in [-0.1, -0.05) is 11.6 Å². The van der Waals surface area contributed by atoms with E-state index in [0.717, 1.165) is 12.1 Å². The van der Waals surface area contributed by atoms with E-state index in [2.05, 4.69) is 10.6 Å². The van der Waals surface area contributed by atoms with Crippen molar-refractivity contribution in [2.24, 2.45) is 0 Å². The Bertz CT molecular complexity index is 689. The quantitative estimate of drug-likeness (QED) is 0.536. The van der Waals surface area contributed by atoms with Gasteiger partial charge in [0.1, 0.15) is 5.75 Å². The van der Waals surface area contributed by atoms with E-state index >= 15 is 0 Å². The number of alkyl halides is 3. The number of phenolic OH excluding ortho intramolecular Hbond substituents is 1. The second-order valence-corrected chi connectivity index (χ2v) is 5.16. The molecule has 2 aromatic carbocycles. The molecule has 0 amide bonds. The molecule has 0 heterocycles. The summed E-state index contributed by atoms with van der Waals surface area (Å²) in [4.78, 5) is 0. The van der Waals surface area contributed by atoms with Crippen LogP contribution >= 0.6 is 23.8 Å². The minimum absolute atomic E-state index is 0.0547. The van der Waals surface area contributed by atoms with Crippen molar-refractivity contribution in [3.63, 3.8) is 0 Å². The van der Waals surface area contributed by atoms with Crippen LogP contribution in [0.5, 0.6) is 5.75 Å². The molecule has 0 fully saturated rings. The van der Waals surface area contributed by atoms with Crippen LogP contribution in [0.15, 0.2) is 42.5 Å². The predicted octanol–water partition coefficient (Wildman–Crippen LogP) is 4.87. The molecule has 0 aliphatic heterocycles.